The Hall–Kier alpha value is -3.91. The molecule has 33 heavy (non-hydrogen) atoms. The van der Waals surface area contributed by atoms with Crippen molar-refractivity contribution in [1.82, 2.24) is 19.7 Å². The molecule has 0 bridgehead atoms. The third-order valence-electron chi connectivity index (χ3n) is 5.47. The van der Waals surface area contributed by atoms with Crippen LogP contribution in [0.25, 0.3) is 33.7 Å². The largest absolute Gasteiger partial charge is 0.334 e. The molecule has 8 heteroatoms. The number of nitrogens with zero attached hydrogens (tertiary/aromatic N) is 3. The molecule has 2 aromatic heterocycles. The number of aromatic amines is 1. The number of nitrogens with one attached hydrogen (secondary N) is 1. The van der Waals surface area contributed by atoms with Crippen molar-refractivity contribution in [3.05, 3.63) is 99.2 Å². The maximum Gasteiger partial charge on any atom is 0.328 e. The summed E-state index contributed by atoms with van der Waals surface area (Å²) < 4.78 is 6.67. The van der Waals surface area contributed by atoms with Gasteiger partial charge in [0, 0.05) is 22.6 Å². The van der Waals surface area contributed by atoms with Gasteiger partial charge in [-0.2, -0.15) is 4.98 Å². The van der Waals surface area contributed by atoms with E-state index in [1.165, 1.54) is 4.57 Å². The standard InChI is InChI=1S/C25H20N4O3S/c1-33-19-10-7-17(8-11-19)22-27-23(32-28-22)18-9-12-20-21(15-18)26-25(31)29(24(20)30)14-13-16-5-3-2-4-6-16/h2-12,15H,13-14H2,1H3,(H,26,31). The molecular formula is C25H20N4O3S. The molecule has 0 atom stereocenters. The molecule has 5 rings (SSSR count). The van der Waals surface area contributed by atoms with Gasteiger partial charge in [0.1, 0.15) is 0 Å². The highest BCUT2D eigenvalue weighted by Crippen LogP contribution is 2.25. The van der Waals surface area contributed by atoms with E-state index in [2.05, 4.69) is 15.1 Å². The van der Waals surface area contributed by atoms with Crippen molar-refractivity contribution in [3.8, 4) is 22.8 Å². The topological polar surface area (TPSA) is 93.8 Å². The molecule has 0 saturated heterocycles. The molecule has 0 saturated carbocycles. The molecule has 0 amide bonds. The van der Waals surface area contributed by atoms with Gasteiger partial charge < -0.3 is 9.51 Å². The minimum atomic E-state index is -0.444. The van der Waals surface area contributed by atoms with Crippen molar-refractivity contribution in [2.75, 3.05) is 6.26 Å². The van der Waals surface area contributed by atoms with Crippen molar-refractivity contribution in [2.24, 2.45) is 0 Å². The van der Waals surface area contributed by atoms with E-state index in [0.29, 0.717) is 41.1 Å². The number of benzene rings is 3. The van der Waals surface area contributed by atoms with Crippen LogP contribution in [0.5, 0.6) is 0 Å². The van der Waals surface area contributed by atoms with Crippen LogP contribution in [0, 0.1) is 0 Å². The van der Waals surface area contributed by atoms with Gasteiger partial charge in [-0.15, -0.1) is 11.8 Å². The van der Waals surface area contributed by atoms with E-state index < -0.39 is 5.69 Å². The number of rotatable bonds is 6. The lowest BCUT2D eigenvalue weighted by atomic mass is 10.1. The lowest BCUT2D eigenvalue weighted by Gasteiger charge is -2.07. The molecule has 2 heterocycles. The molecule has 0 aliphatic heterocycles. The normalized spacial score (nSPS) is 11.2. The van der Waals surface area contributed by atoms with Crippen molar-refractivity contribution in [2.45, 2.75) is 17.9 Å². The second kappa shape index (κ2) is 8.91. The van der Waals surface area contributed by atoms with Crippen molar-refractivity contribution in [1.29, 1.82) is 0 Å². The Morgan fingerprint density at radius 2 is 1.73 bits per heavy atom. The molecule has 0 unspecified atom stereocenters. The summed E-state index contributed by atoms with van der Waals surface area (Å²) in [6.07, 6.45) is 2.61. The molecular weight excluding hydrogens is 436 g/mol. The molecule has 5 aromatic rings. The predicted molar refractivity (Wildman–Crippen MR) is 129 cm³/mol. The third-order valence-corrected chi connectivity index (χ3v) is 6.21. The highest BCUT2D eigenvalue weighted by molar-refractivity contribution is 7.98. The van der Waals surface area contributed by atoms with Gasteiger partial charge in [0.2, 0.25) is 5.82 Å². The fourth-order valence-electron chi connectivity index (χ4n) is 3.67. The van der Waals surface area contributed by atoms with E-state index in [9.17, 15) is 9.59 Å². The molecule has 0 fully saturated rings. The summed E-state index contributed by atoms with van der Waals surface area (Å²) in [6, 6.07) is 22.8. The molecule has 7 nitrogen and oxygen atoms in total. The van der Waals surface area contributed by atoms with E-state index in [-0.39, 0.29) is 5.56 Å². The zero-order valence-electron chi connectivity index (χ0n) is 17.8. The number of aryl methyl sites for hydroxylation is 1. The Morgan fingerprint density at radius 1 is 0.970 bits per heavy atom. The van der Waals surface area contributed by atoms with Crippen LogP contribution in [0.15, 0.2) is 91.8 Å². The third kappa shape index (κ3) is 4.25. The van der Waals surface area contributed by atoms with Gasteiger partial charge in [-0.3, -0.25) is 9.36 Å². The number of hydrogen-bond acceptors (Lipinski definition) is 6. The first kappa shape index (κ1) is 21.0. The zero-order chi connectivity index (χ0) is 22.8. The highest BCUT2D eigenvalue weighted by Gasteiger charge is 2.14. The van der Waals surface area contributed by atoms with E-state index >= 15 is 0 Å². The number of H-pyrrole nitrogens is 1. The molecule has 164 valence electrons. The van der Waals surface area contributed by atoms with Gasteiger partial charge in [-0.1, -0.05) is 35.5 Å². The molecule has 0 radical (unpaired) electrons. The molecule has 0 aliphatic carbocycles. The number of aromatic nitrogens is 4. The maximum atomic E-state index is 12.9. The Balaban J connectivity index is 1.45. The summed E-state index contributed by atoms with van der Waals surface area (Å²) in [5, 5.41) is 4.50. The second-order valence-corrected chi connectivity index (χ2v) is 8.41. The van der Waals surface area contributed by atoms with E-state index in [4.69, 9.17) is 4.52 Å². The fraction of sp³-hybridized carbons (Fsp3) is 0.120. The van der Waals surface area contributed by atoms with Gasteiger partial charge in [0.05, 0.1) is 10.9 Å². The molecule has 3 aromatic carbocycles. The van der Waals surface area contributed by atoms with Gasteiger partial charge in [0.25, 0.3) is 11.4 Å². The summed E-state index contributed by atoms with van der Waals surface area (Å²) >= 11 is 1.66. The van der Waals surface area contributed by atoms with Crippen LogP contribution in [0.4, 0.5) is 0 Å². The van der Waals surface area contributed by atoms with E-state index in [1.807, 2.05) is 60.9 Å². The Kier molecular flexibility index (Phi) is 5.66. The van der Waals surface area contributed by atoms with Gasteiger partial charge in [-0.25, -0.2) is 4.79 Å². The van der Waals surface area contributed by atoms with Crippen LogP contribution < -0.4 is 11.2 Å². The predicted octanol–water partition coefficient (Wildman–Crippen LogP) is 4.37. The lowest BCUT2D eigenvalue weighted by Crippen LogP contribution is -2.35. The first-order valence-corrected chi connectivity index (χ1v) is 11.6. The Morgan fingerprint density at radius 3 is 2.48 bits per heavy atom. The minimum Gasteiger partial charge on any atom is -0.334 e. The summed E-state index contributed by atoms with van der Waals surface area (Å²) in [7, 11) is 0. The van der Waals surface area contributed by atoms with Gasteiger partial charge >= 0.3 is 5.69 Å². The molecule has 0 spiro atoms. The lowest BCUT2D eigenvalue weighted by molar-refractivity contribution is 0.432. The average molecular weight is 457 g/mol. The second-order valence-electron chi connectivity index (χ2n) is 7.53. The minimum absolute atomic E-state index is 0.304. The van der Waals surface area contributed by atoms with Crippen LogP contribution in [0.1, 0.15) is 5.56 Å². The fourth-order valence-corrected chi connectivity index (χ4v) is 4.08. The van der Waals surface area contributed by atoms with Crippen molar-refractivity contribution in [3.63, 3.8) is 0 Å². The zero-order valence-corrected chi connectivity index (χ0v) is 18.6. The van der Waals surface area contributed by atoms with Crippen LogP contribution in [0.3, 0.4) is 0 Å². The Labute approximate surface area is 193 Å². The van der Waals surface area contributed by atoms with Crippen LogP contribution >= 0.6 is 11.8 Å². The highest BCUT2D eigenvalue weighted by atomic mass is 32.2. The number of fused-ring (bicyclic) bond motifs is 1. The van der Waals surface area contributed by atoms with Crippen molar-refractivity contribution >= 4 is 22.7 Å². The summed E-state index contributed by atoms with van der Waals surface area (Å²) in [4.78, 5) is 34.0. The number of hydrogen-bond donors (Lipinski definition) is 1. The first-order chi connectivity index (χ1) is 16.1. The van der Waals surface area contributed by atoms with Crippen molar-refractivity contribution < 1.29 is 4.52 Å². The Bertz CT molecular complexity index is 1540. The summed E-state index contributed by atoms with van der Waals surface area (Å²) in [5.74, 6) is 0.789. The van der Waals surface area contributed by atoms with Crippen LogP contribution in [-0.2, 0) is 13.0 Å². The summed E-state index contributed by atoms with van der Waals surface area (Å²) in [6.45, 7) is 0.304. The first-order valence-electron chi connectivity index (χ1n) is 10.4. The van der Waals surface area contributed by atoms with E-state index in [1.54, 1.807) is 30.0 Å². The smallest absolute Gasteiger partial charge is 0.328 e. The maximum absolute atomic E-state index is 12.9. The van der Waals surface area contributed by atoms with Crippen LogP contribution in [-0.4, -0.2) is 25.9 Å². The average Bonchev–Trinajstić information content (AvgIpc) is 3.35. The monoisotopic (exact) mass is 456 g/mol. The molecule has 0 aliphatic rings. The number of thioether (sulfide) groups is 1. The quantitative estimate of drug-likeness (QED) is 0.381. The van der Waals surface area contributed by atoms with Crippen LogP contribution in [0.2, 0.25) is 0 Å². The molecule has 1 N–H and O–H groups in total. The SMILES string of the molecule is CSc1ccc(-c2noc(-c3ccc4c(=O)n(CCc5ccccc5)c(=O)[nH]c4c3)n2)cc1. The van der Waals surface area contributed by atoms with E-state index in [0.717, 1.165) is 16.0 Å². The van der Waals surface area contributed by atoms with Gasteiger partial charge in [0.15, 0.2) is 0 Å². The van der Waals surface area contributed by atoms with Gasteiger partial charge in [-0.05, 0) is 60.7 Å². The summed E-state index contributed by atoms with van der Waals surface area (Å²) in [5.41, 5.74) is 2.20.